The van der Waals surface area contributed by atoms with E-state index in [-0.39, 0.29) is 0 Å². The maximum atomic E-state index is 4.46. The maximum Gasteiger partial charge on any atom is 0.123 e. The van der Waals surface area contributed by atoms with Gasteiger partial charge in [-0.3, -0.25) is 14.5 Å². The Bertz CT molecular complexity index is 1010. The molecule has 1 saturated heterocycles. The Morgan fingerprint density at radius 1 is 0.963 bits per heavy atom. The molecular weight excluding hydrogens is 336 g/mol. The second-order valence-corrected chi connectivity index (χ2v) is 7.16. The van der Waals surface area contributed by atoms with Gasteiger partial charge in [-0.1, -0.05) is 12.1 Å². The molecule has 0 N–H and O–H groups in total. The molecular formula is C21H22N6. The van der Waals surface area contributed by atoms with Crippen molar-refractivity contribution < 1.29 is 0 Å². The number of aromatic nitrogens is 5. The van der Waals surface area contributed by atoms with Crippen molar-refractivity contribution in [3.05, 3.63) is 73.2 Å². The molecule has 0 radical (unpaired) electrons. The molecule has 3 aromatic heterocycles. The summed E-state index contributed by atoms with van der Waals surface area (Å²) in [5.41, 5.74) is 3.53. The summed E-state index contributed by atoms with van der Waals surface area (Å²) in [6.07, 6.45) is 9.91. The van der Waals surface area contributed by atoms with Crippen LogP contribution in [0.15, 0.2) is 67.5 Å². The van der Waals surface area contributed by atoms with Crippen LogP contribution in [0.1, 0.15) is 24.6 Å². The number of rotatable bonds is 4. The van der Waals surface area contributed by atoms with E-state index in [2.05, 4.69) is 67.2 Å². The van der Waals surface area contributed by atoms with Crippen LogP contribution in [0.4, 0.5) is 0 Å². The molecule has 136 valence electrons. The number of hydrogen-bond acceptors (Lipinski definition) is 4. The molecule has 1 fully saturated rings. The van der Waals surface area contributed by atoms with Crippen molar-refractivity contribution in [2.75, 3.05) is 13.1 Å². The summed E-state index contributed by atoms with van der Waals surface area (Å²) in [7, 11) is 0. The first-order valence-corrected chi connectivity index (χ1v) is 9.45. The largest absolute Gasteiger partial charge is 0.344 e. The summed E-state index contributed by atoms with van der Waals surface area (Å²) in [6, 6.07) is 15.4. The second kappa shape index (κ2) is 6.96. The summed E-state index contributed by atoms with van der Waals surface area (Å²) in [5, 5.41) is 9.11. The number of hydrogen-bond donors (Lipinski definition) is 0. The van der Waals surface area contributed by atoms with Crippen LogP contribution in [0.3, 0.4) is 0 Å². The quantitative estimate of drug-likeness (QED) is 0.561. The summed E-state index contributed by atoms with van der Waals surface area (Å²) in [6.45, 7) is 3.15. The van der Waals surface area contributed by atoms with Gasteiger partial charge in [0.2, 0.25) is 0 Å². The highest BCUT2D eigenvalue weighted by atomic mass is 15.2. The first kappa shape index (κ1) is 16.2. The Labute approximate surface area is 158 Å². The van der Waals surface area contributed by atoms with Gasteiger partial charge < -0.3 is 4.57 Å². The Kier molecular flexibility index (Phi) is 4.18. The van der Waals surface area contributed by atoms with E-state index in [4.69, 9.17) is 0 Å². The molecule has 0 bridgehead atoms. The van der Waals surface area contributed by atoms with Gasteiger partial charge in [-0.25, -0.2) is 0 Å². The molecule has 1 aliphatic rings. The van der Waals surface area contributed by atoms with Crippen LogP contribution in [0.5, 0.6) is 0 Å². The van der Waals surface area contributed by atoms with Crippen LogP contribution >= 0.6 is 0 Å². The van der Waals surface area contributed by atoms with Gasteiger partial charge >= 0.3 is 0 Å². The Hall–Kier alpha value is -2.99. The monoisotopic (exact) mass is 358 g/mol. The average Bonchev–Trinajstić information content (AvgIpc) is 3.39. The minimum absolute atomic E-state index is 0.540. The summed E-state index contributed by atoms with van der Waals surface area (Å²) in [4.78, 5) is 6.96. The van der Waals surface area contributed by atoms with Crippen LogP contribution in [0, 0.1) is 0 Å². The normalized spacial score (nSPS) is 16.1. The topological polar surface area (TPSA) is 51.8 Å². The van der Waals surface area contributed by atoms with Crippen molar-refractivity contribution in [2.45, 2.75) is 25.4 Å². The Balaban J connectivity index is 1.33. The number of pyridine rings is 1. The molecule has 6 nitrogen and oxygen atoms in total. The maximum absolute atomic E-state index is 4.46. The van der Waals surface area contributed by atoms with E-state index in [9.17, 15) is 0 Å². The fourth-order valence-electron chi connectivity index (χ4n) is 4.03. The molecule has 0 spiro atoms. The fraction of sp³-hybridized carbons (Fsp3) is 0.286. The minimum atomic E-state index is 0.540. The number of piperidine rings is 1. The third-order valence-electron chi connectivity index (χ3n) is 5.49. The molecule has 0 aliphatic carbocycles. The third kappa shape index (κ3) is 3.24. The molecule has 6 heteroatoms. The van der Waals surface area contributed by atoms with Crippen LogP contribution in [-0.4, -0.2) is 42.3 Å². The lowest BCUT2D eigenvalue weighted by molar-refractivity contribution is 0.180. The van der Waals surface area contributed by atoms with Crippen molar-refractivity contribution >= 4 is 10.9 Å². The lowest BCUT2D eigenvalue weighted by Crippen LogP contribution is -2.34. The van der Waals surface area contributed by atoms with E-state index in [1.54, 1.807) is 12.7 Å². The van der Waals surface area contributed by atoms with Crippen LogP contribution in [0.2, 0.25) is 0 Å². The molecule has 4 aromatic rings. The highest BCUT2D eigenvalue weighted by molar-refractivity contribution is 5.82. The SMILES string of the molecule is c1ccc(CN2CCC(n3ccc4ccc(-n5cnnc5)cc43)CC2)nc1. The predicted molar refractivity (Wildman–Crippen MR) is 105 cm³/mol. The van der Waals surface area contributed by atoms with Gasteiger partial charge in [0.15, 0.2) is 0 Å². The number of likely N-dealkylation sites (tertiary alicyclic amines) is 1. The van der Waals surface area contributed by atoms with E-state index in [0.717, 1.165) is 43.9 Å². The fourth-order valence-corrected chi connectivity index (χ4v) is 4.03. The summed E-state index contributed by atoms with van der Waals surface area (Å²) >= 11 is 0. The summed E-state index contributed by atoms with van der Waals surface area (Å²) in [5.74, 6) is 0. The van der Waals surface area contributed by atoms with Crippen LogP contribution < -0.4 is 0 Å². The number of fused-ring (bicyclic) bond motifs is 1. The van der Waals surface area contributed by atoms with E-state index in [1.165, 1.54) is 10.9 Å². The lowest BCUT2D eigenvalue weighted by Gasteiger charge is -2.33. The van der Waals surface area contributed by atoms with Gasteiger partial charge in [0, 0.05) is 38.1 Å². The smallest absolute Gasteiger partial charge is 0.123 e. The number of benzene rings is 1. The Morgan fingerprint density at radius 2 is 1.81 bits per heavy atom. The van der Waals surface area contributed by atoms with E-state index in [0.29, 0.717) is 6.04 Å². The zero-order valence-corrected chi connectivity index (χ0v) is 15.1. The molecule has 27 heavy (non-hydrogen) atoms. The standard InChI is InChI=1S/C21H22N6/c1-2-9-22-18(3-1)14-25-10-7-19(8-11-25)27-12-6-17-4-5-20(13-21(17)27)26-15-23-24-16-26/h1-6,9,12-13,15-16,19H,7-8,10-11,14H2. The third-order valence-corrected chi connectivity index (χ3v) is 5.49. The van der Waals surface area contributed by atoms with Crippen LogP contribution in [-0.2, 0) is 6.54 Å². The zero-order chi connectivity index (χ0) is 18.1. The minimum Gasteiger partial charge on any atom is -0.344 e. The average molecular weight is 358 g/mol. The molecule has 1 aromatic carbocycles. The first-order chi connectivity index (χ1) is 13.4. The molecule has 0 atom stereocenters. The summed E-state index contributed by atoms with van der Waals surface area (Å²) < 4.78 is 4.40. The Morgan fingerprint density at radius 3 is 2.59 bits per heavy atom. The molecule has 5 rings (SSSR count). The van der Waals surface area contributed by atoms with E-state index >= 15 is 0 Å². The molecule has 0 amide bonds. The van der Waals surface area contributed by atoms with Crippen LogP contribution in [0.25, 0.3) is 16.6 Å². The lowest BCUT2D eigenvalue weighted by atomic mass is 10.0. The molecule has 1 aliphatic heterocycles. The highest BCUT2D eigenvalue weighted by Crippen LogP contribution is 2.29. The second-order valence-electron chi connectivity index (χ2n) is 7.16. The van der Waals surface area contributed by atoms with Gasteiger partial charge in [-0.15, -0.1) is 10.2 Å². The van der Waals surface area contributed by atoms with Crippen molar-refractivity contribution in [3.8, 4) is 5.69 Å². The first-order valence-electron chi connectivity index (χ1n) is 9.45. The van der Waals surface area contributed by atoms with Crippen molar-refractivity contribution in [1.29, 1.82) is 0 Å². The molecule has 0 saturated carbocycles. The van der Waals surface area contributed by atoms with Crippen molar-refractivity contribution in [1.82, 2.24) is 29.2 Å². The van der Waals surface area contributed by atoms with Gasteiger partial charge in [0.1, 0.15) is 12.7 Å². The van der Waals surface area contributed by atoms with Crippen molar-refractivity contribution in [3.63, 3.8) is 0 Å². The van der Waals surface area contributed by atoms with Gasteiger partial charge in [0.25, 0.3) is 0 Å². The molecule has 4 heterocycles. The van der Waals surface area contributed by atoms with Crippen molar-refractivity contribution in [2.24, 2.45) is 0 Å². The van der Waals surface area contributed by atoms with E-state index < -0.39 is 0 Å². The zero-order valence-electron chi connectivity index (χ0n) is 15.1. The van der Waals surface area contributed by atoms with Gasteiger partial charge in [-0.2, -0.15) is 0 Å². The van der Waals surface area contributed by atoms with Gasteiger partial charge in [0.05, 0.1) is 16.9 Å². The molecule has 0 unspecified atom stereocenters. The van der Waals surface area contributed by atoms with E-state index in [1.807, 2.05) is 16.8 Å². The number of nitrogens with zero attached hydrogens (tertiary/aromatic N) is 6. The highest BCUT2D eigenvalue weighted by Gasteiger charge is 2.21. The predicted octanol–water partition coefficient (Wildman–Crippen LogP) is 3.45. The van der Waals surface area contributed by atoms with Gasteiger partial charge in [-0.05, 0) is 48.6 Å².